The highest BCUT2D eigenvalue weighted by molar-refractivity contribution is 6.21. The molecule has 5 rings (SSSR count). The van der Waals surface area contributed by atoms with Gasteiger partial charge in [-0.1, -0.05) is 32.1 Å². The number of urea groups is 1. The Morgan fingerprint density at radius 2 is 1.88 bits per heavy atom. The third-order valence-electron chi connectivity index (χ3n) is 8.54. The lowest BCUT2D eigenvalue weighted by Gasteiger charge is -2.47. The first-order valence-corrected chi connectivity index (χ1v) is 14.2. The van der Waals surface area contributed by atoms with Crippen molar-refractivity contribution in [3.8, 4) is 11.5 Å². The average molecular weight is 550 g/mol. The fraction of sp³-hybridized carbons (Fsp3) is 0.548. The molecule has 4 atom stereocenters. The van der Waals surface area contributed by atoms with Crippen LogP contribution in [0.2, 0.25) is 0 Å². The van der Waals surface area contributed by atoms with Gasteiger partial charge in [-0.15, -0.1) is 0 Å². The number of ether oxygens (including phenoxy) is 3. The number of hydrogen-bond donors (Lipinski definition) is 0. The lowest BCUT2D eigenvalue weighted by Crippen LogP contribution is -2.47. The number of aliphatic imine (C=N–C) groups is 1. The molecule has 3 aliphatic heterocycles. The van der Waals surface area contributed by atoms with E-state index in [1.165, 1.54) is 11.1 Å². The maximum Gasteiger partial charge on any atom is 0.350 e. The van der Waals surface area contributed by atoms with Crippen LogP contribution in [-0.4, -0.2) is 73.9 Å². The van der Waals surface area contributed by atoms with Gasteiger partial charge in [-0.25, -0.2) is 4.79 Å². The molecule has 1 aromatic carbocycles. The molecule has 9 heteroatoms. The first-order valence-electron chi connectivity index (χ1n) is 14.2. The highest BCUT2D eigenvalue weighted by Crippen LogP contribution is 2.45. The van der Waals surface area contributed by atoms with E-state index in [0.717, 1.165) is 48.8 Å². The Morgan fingerprint density at radius 1 is 1.10 bits per heavy atom. The quantitative estimate of drug-likeness (QED) is 0.422. The number of piperidine rings is 1. The van der Waals surface area contributed by atoms with Crippen molar-refractivity contribution >= 4 is 23.6 Å². The van der Waals surface area contributed by atoms with Gasteiger partial charge in [-0.3, -0.25) is 19.4 Å². The lowest BCUT2D eigenvalue weighted by molar-refractivity contribution is -0.147. The van der Waals surface area contributed by atoms with Crippen molar-refractivity contribution in [1.29, 1.82) is 0 Å². The fourth-order valence-electron chi connectivity index (χ4n) is 6.54. The maximum atomic E-state index is 12.8. The fourth-order valence-corrected chi connectivity index (χ4v) is 6.54. The molecule has 40 heavy (non-hydrogen) atoms. The lowest BCUT2D eigenvalue weighted by atomic mass is 9.74. The second kappa shape index (κ2) is 12.0. The van der Waals surface area contributed by atoms with Crippen LogP contribution in [0.5, 0.6) is 11.5 Å². The number of amides is 3. The smallest absolute Gasteiger partial charge is 0.350 e. The summed E-state index contributed by atoms with van der Waals surface area (Å²) < 4.78 is 16.9. The van der Waals surface area contributed by atoms with Gasteiger partial charge in [0.05, 0.1) is 38.9 Å². The molecule has 1 aromatic rings. The van der Waals surface area contributed by atoms with Crippen molar-refractivity contribution < 1.29 is 28.6 Å². The third kappa shape index (κ3) is 5.70. The SMILES string of the molecule is COc1cc2c(cc1OC)[C@H]1C[C@@H](COC(=O)CCN3C(=O)N=C4C=CC=CC4C3=O)[C@H](CC(C)C)CN1CC2. The summed E-state index contributed by atoms with van der Waals surface area (Å²) >= 11 is 0. The molecule has 3 amide bonds. The zero-order chi connectivity index (χ0) is 28.4. The Kier molecular flexibility index (Phi) is 8.40. The van der Waals surface area contributed by atoms with Crippen molar-refractivity contribution in [2.24, 2.45) is 28.7 Å². The van der Waals surface area contributed by atoms with Crippen LogP contribution in [-0.2, 0) is 20.7 Å². The Balaban J connectivity index is 1.24. The Hall–Kier alpha value is -3.46. The Morgan fingerprint density at radius 3 is 2.62 bits per heavy atom. The third-order valence-corrected chi connectivity index (χ3v) is 8.54. The van der Waals surface area contributed by atoms with E-state index in [0.29, 0.717) is 24.2 Å². The molecular formula is C31H39N3O6. The average Bonchev–Trinajstić information content (AvgIpc) is 2.94. The van der Waals surface area contributed by atoms with Crippen molar-refractivity contribution in [2.45, 2.75) is 45.6 Å². The summed E-state index contributed by atoms with van der Waals surface area (Å²) in [6.07, 6.45) is 9.76. The van der Waals surface area contributed by atoms with E-state index in [2.05, 4.69) is 35.9 Å². The highest BCUT2D eigenvalue weighted by Gasteiger charge is 2.40. The Labute approximate surface area is 235 Å². The number of nitrogens with zero attached hydrogens (tertiary/aromatic N) is 3. The van der Waals surface area contributed by atoms with Crippen LogP contribution in [0.25, 0.3) is 0 Å². The zero-order valence-electron chi connectivity index (χ0n) is 23.8. The summed E-state index contributed by atoms with van der Waals surface area (Å²) in [5.41, 5.74) is 2.98. The first-order chi connectivity index (χ1) is 19.3. The van der Waals surface area contributed by atoms with Crippen LogP contribution in [0.4, 0.5) is 4.79 Å². The molecule has 1 fully saturated rings. The van der Waals surface area contributed by atoms with Crippen LogP contribution in [0, 0.1) is 23.7 Å². The van der Waals surface area contributed by atoms with E-state index in [1.807, 2.05) is 0 Å². The summed E-state index contributed by atoms with van der Waals surface area (Å²) in [6, 6.07) is 3.80. The summed E-state index contributed by atoms with van der Waals surface area (Å²) in [5.74, 6) is 1.30. The number of esters is 1. The topological polar surface area (TPSA) is 97.7 Å². The molecule has 1 aliphatic carbocycles. The van der Waals surface area contributed by atoms with Crippen LogP contribution in [0.1, 0.15) is 50.3 Å². The maximum absolute atomic E-state index is 12.8. The van der Waals surface area contributed by atoms with Gasteiger partial charge in [0.1, 0.15) is 0 Å². The molecule has 214 valence electrons. The number of hydrogen-bond acceptors (Lipinski definition) is 7. The molecule has 3 heterocycles. The molecule has 0 N–H and O–H groups in total. The highest BCUT2D eigenvalue weighted by atomic mass is 16.5. The number of imide groups is 1. The number of rotatable bonds is 9. The van der Waals surface area contributed by atoms with Crippen molar-refractivity contribution in [1.82, 2.24) is 9.80 Å². The molecule has 0 spiro atoms. The van der Waals surface area contributed by atoms with Gasteiger partial charge >= 0.3 is 12.0 Å². The van der Waals surface area contributed by atoms with Gasteiger partial charge in [-0.2, -0.15) is 4.99 Å². The van der Waals surface area contributed by atoms with Gasteiger partial charge < -0.3 is 14.2 Å². The second-order valence-corrected chi connectivity index (χ2v) is 11.5. The van der Waals surface area contributed by atoms with Gasteiger partial charge in [-0.05, 0) is 66.4 Å². The Bertz CT molecular complexity index is 1250. The van der Waals surface area contributed by atoms with Crippen molar-refractivity contribution in [3.63, 3.8) is 0 Å². The molecule has 0 bridgehead atoms. The monoisotopic (exact) mass is 549 g/mol. The predicted molar refractivity (Wildman–Crippen MR) is 151 cm³/mol. The molecule has 0 aromatic heterocycles. The number of carbonyl (C=O) groups is 3. The standard InChI is InChI=1S/C31H39N3O6/c1-19(2)13-21-17-33-11-9-20-15-27(38-3)28(39-4)16-24(20)26(33)14-22(21)18-40-29(35)10-12-34-30(36)23-7-5-6-8-25(23)32-31(34)37/h5-8,15-16,19,21-23,26H,9-14,17-18H2,1-4H3/t21-,22+,23?,26-/m1/s1. The van der Waals surface area contributed by atoms with E-state index >= 15 is 0 Å². The summed E-state index contributed by atoms with van der Waals surface area (Å²) in [4.78, 5) is 45.7. The summed E-state index contributed by atoms with van der Waals surface area (Å²) in [6.45, 7) is 6.70. The van der Waals surface area contributed by atoms with Crippen LogP contribution >= 0.6 is 0 Å². The first kappa shape index (κ1) is 28.1. The molecular weight excluding hydrogens is 510 g/mol. The molecule has 4 aliphatic rings. The molecule has 9 nitrogen and oxygen atoms in total. The van der Waals surface area contributed by atoms with E-state index in [9.17, 15) is 14.4 Å². The number of benzene rings is 1. The number of fused-ring (bicyclic) bond motifs is 4. The minimum Gasteiger partial charge on any atom is -0.493 e. The van der Waals surface area contributed by atoms with Gasteiger partial charge in [0, 0.05) is 25.7 Å². The molecule has 0 saturated carbocycles. The van der Waals surface area contributed by atoms with E-state index < -0.39 is 17.9 Å². The molecule has 1 saturated heterocycles. The minimum absolute atomic E-state index is 0.0349. The van der Waals surface area contributed by atoms with Gasteiger partial charge in [0.2, 0.25) is 5.91 Å². The van der Waals surface area contributed by atoms with Gasteiger partial charge in [0.15, 0.2) is 11.5 Å². The molecule has 1 unspecified atom stereocenters. The van der Waals surface area contributed by atoms with E-state index in [4.69, 9.17) is 14.2 Å². The van der Waals surface area contributed by atoms with E-state index in [-0.39, 0.29) is 30.8 Å². The summed E-state index contributed by atoms with van der Waals surface area (Å²) in [7, 11) is 3.32. The summed E-state index contributed by atoms with van der Waals surface area (Å²) in [5, 5.41) is 0. The van der Waals surface area contributed by atoms with Crippen molar-refractivity contribution in [2.75, 3.05) is 40.5 Å². The van der Waals surface area contributed by atoms with Crippen LogP contribution in [0.3, 0.4) is 0 Å². The van der Waals surface area contributed by atoms with Crippen molar-refractivity contribution in [3.05, 3.63) is 47.6 Å². The zero-order valence-corrected chi connectivity index (χ0v) is 23.8. The molecule has 0 radical (unpaired) electrons. The number of carbonyl (C=O) groups excluding carboxylic acids is 3. The predicted octanol–water partition coefficient (Wildman–Crippen LogP) is 4.36. The largest absolute Gasteiger partial charge is 0.493 e. The van der Waals surface area contributed by atoms with Gasteiger partial charge in [0.25, 0.3) is 0 Å². The van der Waals surface area contributed by atoms with Crippen LogP contribution in [0.15, 0.2) is 41.4 Å². The minimum atomic E-state index is -0.628. The van der Waals surface area contributed by atoms with E-state index in [1.54, 1.807) is 38.5 Å². The number of allylic oxidation sites excluding steroid dienone is 3. The number of methoxy groups -OCH3 is 2. The van der Waals surface area contributed by atoms with Crippen LogP contribution < -0.4 is 9.47 Å². The normalized spacial score (nSPS) is 25.7. The second-order valence-electron chi connectivity index (χ2n) is 11.5.